The Kier molecular flexibility index (Phi) is 10.6. The minimum Gasteiger partial charge on any atom is -0.493 e. The molecule has 11 heteroatoms. The van der Waals surface area contributed by atoms with Crippen LogP contribution in [0.1, 0.15) is 28.6 Å². The zero-order valence-electron chi connectivity index (χ0n) is 25.2. The smallest absolute Gasteiger partial charge is 0.251 e. The number of aryl methyl sites for hydroxylation is 2. The van der Waals surface area contributed by atoms with Gasteiger partial charge in [0.2, 0.25) is 5.91 Å². The lowest BCUT2D eigenvalue weighted by Gasteiger charge is -2.32. The highest BCUT2D eigenvalue weighted by molar-refractivity contribution is 7.99. The van der Waals surface area contributed by atoms with E-state index in [2.05, 4.69) is 20.3 Å². The fourth-order valence-corrected chi connectivity index (χ4v) is 5.36. The fraction of sp³-hybridized carbons (Fsp3) is 0.281. The van der Waals surface area contributed by atoms with Crippen LogP contribution in [0.2, 0.25) is 0 Å². The van der Waals surface area contributed by atoms with E-state index in [1.54, 1.807) is 48.7 Å². The molecule has 10 nitrogen and oxygen atoms in total. The number of hydrogen-bond donors (Lipinski definition) is 1. The predicted molar refractivity (Wildman–Crippen MR) is 169 cm³/mol. The fourth-order valence-electron chi connectivity index (χ4n) is 4.53. The molecule has 0 bridgehead atoms. The van der Waals surface area contributed by atoms with Crippen molar-refractivity contribution < 1.29 is 19.1 Å². The Morgan fingerprint density at radius 1 is 0.930 bits per heavy atom. The van der Waals surface area contributed by atoms with E-state index in [0.717, 1.165) is 22.6 Å². The molecule has 0 aliphatic rings. The lowest BCUT2D eigenvalue weighted by atomic mass is 10.0. The van der Waals surface area contributed by atoms with Gasteiger partial charge in [-0.2, -0.15) is 0 Å². The molecule has 0 aliphatic carbocycles. The Morgan fingerprint density at radius 3 is 2.23 bits per heavy atom. The normalized spacial score (nSPS) is 11.4. The van der Waals surface area contributed by atoms with E-state index in [0.29, 0.717) is 27.9 Å². The second kappa shape index (κ2) is 14.5. The van der Waals surface area contributed by atoms with Gasteiger partial charge in [-0.15, -0.1) is 0 Å². The summed E-state index contributed by atoms with van der Waals surface area (Å²) in [6.07, 6.45) is 3.35. The second-order valence-corrected chi connectivity index (χ2v) is 11.0. The van der Waals surface area contributed by atoms with Gasteiger partial charge in [-0.3, -0.25) is 14.6 Å². The summed E-state index contributed by atoms with van der Waals surface area (Å²) >= 11 is 1.23. The number of benzene rings is 2. The van der Waals surface area contributed by atoms with Crippen molar-refractivity contribution in [3.8, 4) is 11.5 Å². The van der Waals surface area contributed by atoms with Crippen LogP contribution in [0, 0.1) is 13.8 Å². The van der Waals surface area contributed by atoms with Crippen LogP contribution in [0.5, 0.6) is 11.5 Å². The number of thioether (sulfide) groups is 1. The van der Waals surface area contributed by atoms with Gasteiger partial charge < -0.3 is 24.6 Å². The highest BCUT2D eigenvalue weighted by Crippen LogP contribution is 2.34. The first-order valence-electron chi connectivity index (χ1n) is 13.6. The molecule has 0 unspecified atom stereocenters. The predicted octanol–water partition coefficient (Wildman–Crippen LogP) is 5.07. The Morgan fingerprint density at radius 2 is 1.63 bits per heavy atom. The molecule has 2 heterocycles. The van der Waals surface area contributed by atoms with E-state index in [9.17, 15) is 9.59 Å². The molecule has 0 saturated heterocycles. The highest BCUT2D eigenvalue weighted by atomic mass is 32.2. The summed E-state index contributed by atoms with van der Waals surface area (Å²) in [7, 11) is 6.97. The highest BCUT2D eigenvalue weighted by Gasteiger charge is 2.33. The van der Waals surface area contributed by atoms with Crippen molar-refractivity contribution in [1.29, 1.82) is 0 Å². The molecule has 224 valence electrons. The minimum atomic E-state index is -1.01. The number of ether oxygens (including phenoxy) is 2. The lowest BCUT2D eigenvalue weighted by Crippen LogP contribution is -2.42. The Bertz CT molecular complexity index is 1530. The summed E-state index contributed by atoms with van der Waals surface area (Å²) in [6, 6.07) is 17.3. The van der Waals surface area contributed by atoms with Gasteiger partial charge in [0.15, 0.2) is 16.7 Å². The molecule has 2 aromatic heterocycles. The Hall–Kier alpha value is -4.64. The number of nitrogens with zero attached hydrogens (tertiary/aromatic N) is 5. The maximum atomic E-state index is 14.2. The zero-order valence-corrected chi connectivity index (χ0v) is 26.0. The van der Waals surface area contributed by atoms with E-state index in [4.69, 9.17) is 9.47 Å². The van der Waals surface area contributed by atoms with Crippen LogP contribution in [-0.4, -0.2) is 65.7 Å². The summed E-state index contributed by atoms with van der Waals surface area (Å²) < 4.78 is 11.0. The summed E-state index contributed by atoms with van der Waals surface area (Å²) in [4.78, 5) is 44.9. The zero-order chi connectivity index (χ0) is 30.9. The van der Waals surface area contributed by atoms with Gasteiger partial charge >= 0.3 is 0 Å². The number of carbonyl (C=O) groups excluding carboxylic acids is 2. The van der Waals surface area contributed by atoms with Gasteiger partial charge in [0, 0.05) is 55.8 Å². The topological polar surface area (TPSA) is 110 Å². The van der Waals surface area contributed by atoms with Crippen molar-refractivity contribution in [3.63, 3.8) is 0 Å². The third-order valence-electron chi connectivity index (χ3n) is 6.62. The molecular formula is C32H36N6O4S. The quantitative estimate of drug-likeness (QED) is 0.176. The van der Waals surface area contributed by atoms with E-state index in [1.807, 2.05) is 69.2 Å². The van der Waals surface area contributed by atoms with Crippen molar-refractivity contribution in [2.45, 2.75) is 31.6 Å². The van der Waals surface area contributed by atoms with Crippen molar-refractivity contribution in [2.75, 3.05) is 44.3 Å². The molecule has 2 amide bonds. The van der Waals surface area contributed by atoms with Crippen LogP contribution < -0.4 is 19.7 Å². The SMILES string of the molecule is COc1ccc([C@H](C(=O)Nc2ccc(N(C)C)cc2)N(Cc2cccnc2)C(=O)CSc2nc(C)cc(C)n2)cc1OC. The molecule has 43 heavy (non-hydrogen) atoms. The minimum absolute atomic E-state index is 0.0256. The molecule has 4 rings (SSSR count). The van der Waals surface area contributed by atoms with Crippen molar-refractivity contribution in [1.82, 2.24) is 19.9 Å². The van der Waals surface area contributed by atoms with Gasteiger partial charge in [0.25, 0.3) is 5.91 Å². The second-order valence-electron chi connectivity index (χ2n) is 10.1. The van der Waals surface area contributed by atoms with Gasteiger partial charge in [0.1, 0.15) is 6.04 Å². The third kappa shape index (κ3) is 8.23. The van der Waals surface area contributed by atoms with E-state index < -0.39 is 6.04 Å². The van der Waals surface area contributed by atoms with Crippen LogP contribution in [0.4, 0.5) is 11.4 Å². The number of aromatic nitrogens is 3. The van der Waals surface area contributed by atoms with E-state index in [-0.39, 0.29) is 24.1 Å². The molecular weight excluding hydrogens is 564 g/mol. The number of pyridine rings is 1. The lowest BCUT2D eigenvalue weighted by molar-refractivity contribution is -0.137. The van der Waals surface area contributed by atoms with Crippen LogP contribution in [-0.2, 0) is 16.1 Å². The molecule has 4 aromatic rings. The maximum Gasteiger partial charge on any atom is 0.251 e. The van der Waals surface area contributed by atoms with Gasteiger partial charge in [-0.05, 0) is 73.5 Å². The summed E-state index contributed by atoms with van der Waals surface area (Å²) in [5.41, 5.74) is 4.57. The third-order valence-corrected chi connectivity index (χ3v) is 7.45. The molecule has 2 aromatic carbocycles. The first kappa shape index (κ1) is 31.3. The average molecular weight is 601 g/mol. The average Bonchev–Trinajstić information content (AvgIpc) is 2.99. The largest absolute Gasteiger partial charge is 0.493 e. The van der Waals surface area contributed by atoms with Crippen LogP contribution in [0.3, 0.4) is 0 Å². The van der Waals surface area contributed by atoms with Gasteiger partial charge in [0.05, 0.1) is 20.0 Å². The van der Waals surface area contributed by atoms with Crippen LogP contribution in [0.15, 0.2) is 78.2 Å². The summed E-state index contributed by atoms with van der Waals surface area (Å²) in [5.74, 6) is 0.332. The van der Waals surface area contributed by atoms with Crippen molar-refractivity contribution in [3.05, 3.63) is 95.6 Å². The Balaban J connectivity index is 1.74. The molecule has 1 atom stereocenters. The molecule has 0 fully saturated rings. The molecule has 0 aliphatic heterocycles. The Labute approximate surface area is 256 Å². The van der Waals surface area contributed by atoms with E-state index >= 15 is 0 Å². The van der Waals surface area contributed by atoms with Crippen LogP contribution in [0.25, 0.3) is 0 Å². The first-order chi connectivity index (χ1) is 20.7. The maximum absolute atomic E-state index is 14.2. The summed E-state index contributed by atoms with van der Waals surface area (Å²) in [5, 5.41) is 3.51. The first-order valence-corrected chi connectivity index (χ1v) is 14.6. The number of hydrogen-bond acceptors (Lipinski definition) is 9. The molecule has 0 radical (unpaired) electrons. The molecule has 1 N–H and O–H groups in total. The van der Waals surface area contributed by atoms with Crippen molar-refractivity contribution in [2.24, 2.45) is 0 Å². The van der Waals surface area contributed by atoms with Gasteiger partial charge in [-0.1, -0.05) is 23.9 Å². The van der Waals surface area contributed by atoms with Crippen molar-refractivity contribution >= 4 is 35.0 Å². The number of rotatable bonds is 12. The number of anilines is 2. The standard InChI is InChI=1S/C32H36N6O4S/c1-21-16-22(2)35-32(34-21)43-20-29(39)38(19-23-8-7-15-33-18-23)30(24-9-14-27(41-5)28(17-24)42-6)31(40)36-25-10-12-26(13-11-25)37(3)4/h7-18,30H,19-20H2,1-6H3,(H,36,40)/t30-/m1/s1. The summed E-state index contributed by atoms with van der Waals surface area (Å²) in [6.45, 7) is 3.92. The number of carbonyl (C=O) groups is 2. The number of nitrogens with one attached hydrogen (secondary N) is 1. The van der Waals surface area contributed by atoms with Gasteiger partial charge in [-0.25, -0.2) is 9.97 Å². The molecule has 0 saturated carbocycles. The number of methoxy groups -OCH3 is 2. The van der Waals surface area contributed by atoms with E-state index in [1.165, 1.54) is 18.9 Å². The van der Waals surface area contributed by atoms with Crippen LogP contribution >= 0.6 is 11.8 Å². The molecule has 0 spiro atoms. The monoisotopic (exact) mass is 600 g/mol. The number of amides is 2.